The van der Waals surface area contributed by atoms with Gasteiger partial charge in [0.25, 0.3) is 0 Å². The lowest BCUT2D eigenvalue weighted by Crippen LogP contribution is -2.09. The molecule has 0 aliphatic carbocycles. The number of carbonyl (C=O) groups is 2. The summed E-state index contributed by atoms with van der Waals surface area (Å²) >= 11 is 0. The summed E-state index contributed by atoms with van der Waals surface area (Å²) in [7, 11) is 4.06. The summed E-state index contributed by atoms with van der Waals surface area (Å²) in [6.07, 6.45) is 0.564. The molecule has 0 heterocycles. The molecule has 0 saturated heterocycles. The highest BCUT2D eigenvalue weighted by Crippen LogP contribution is 2.33. The molecule has 0 radical (unpaired) electrons. The van der Waals surface area contributed by atoms with E-state index in [0.29, 0.717) is 12.0 Å². The van der Waals surface area contributed by atoms with Crippen molar-refractivity contribution in [3.8, 4) is 11.5 Å². The second-order valence-electron chi connectivity index (χ2n) is 2.87. The Kier molecular flexibility index (Phi) is 3.88. The zero-order chi connectivity index (χ0) is 12.1. The maximum atomic E-state index is 11.5. The fraction of sp³-hybridized carbons (Fsp3) is 0.273. The van der Waals surface area contributed by atoms with Crippen LogP contribution in [0.15, 0.2) is 12.1 Å². The lowest BCUT2D eigenvalue weighted by molar-refractivity contribution is 0.0594. The molecule has 0 atom stereocenters. The van der Waals surface area contributed by atoms with Crippen molar-refractivity contribution in [2.75, 3.05) is 21.3 Å². The second kappa shape index (κ2) is 5.16. The molecule has 1 rings (SSSR count). The zero-order valence-corrected chi connectivity index (χ0v) is 9.27. The van der Waals surface area contributed by atoms with Crippen LogP contribution in [0.2, 0.25) is 0 Å². The van der Waals surface area contributed by atoms with Gasteiger partial charge < -0.3 is 14.2 Å². The van der Waals surface area contributed by atoms with Crippen molar-refractivity contribution < 1.29 is 23.8 Å². The van der Waals surface area contributed by atoms with Crippen LogP contribution in [0.5, 0.6) is 11.5 Å². The zero-order valence-electron chi connectivity index (χ0n) is 9.27. The Labute approximate surface area is 92.9 Å². The summed E-state index contributed by atoms with van der Waals surface area (Å²) in [4.78, 5) is 22.3. The number of hydrogen-bond acceptors (Lipinski definition) is 5. The molecule has 5 nitrogen and oxygen atoms in total. The smallest absolute Gasteiger partial charge is 0.342 e. The first-order valence-corrected chi connectivity index (χ1v) is 4.48. The van der Waals surface area contributed by atoms with Crippen molar-refractivity contribution in [3.05, 3.63) is 23.3 Å². The Morgan fingerprint density at radius 2 is 1.88 bits per heavy atom. The first-order chi connectivity index (χ1) is 7.69. The van der Waals surface area contributed by atoms with Gasteiger partial charge in [-0.15, -0.1) is 0 Å². The number of benzene rings is 1. The summed E-state index contributed by atoms with van der Waals surface area (Å²) in [5.41, 5.74) is 0.267. The van der Waals surface area contributed by atoms with Crippen LogP contribution in [-0.2, 0) is 4.74 Å². The SMILES string of the molecule is COC(=O)c1c(C=O)ccc(OC)c1OC. The van der Waals surface area contributed by atoms with E-state index >= 15 is 0 Å². The van der Waals surface area contributed by atoms with Gasteiger partial charge in [-0.3, -0.25) is 4.79 Å². The van der Waals surface area contributed by atoms with Crippen LogP contribution in [0.3, 0.4) is 0 Å². The van der Waals surface area contributed by atoms with Crippen LogP contribution in [0, 0.1) is 0 Å². The van der Waals surface area contributed by atoms with E-state index in [9.17, 15) is 9.59 Å². The van der Waals surface area contributed by atoms with Gasteiger partial charge in [0.15, 0.2) is 17.8 Å². The van der Waals surface area contributed by atoms with E-state index in [-0.39, 0.29) is 16.9 Å². The van der Waals surface area contributed by atoms with Gasteiger partial charge in [-0.05, 0) is 12.1 Å². The molecule has 1 aromatic carbocycles. The van der Waals surface area contributed by atoms with Crippen LogP contribution >= 0.6 is 0 Å². The van der Waals surface area contributed by atoms with Gasteiger partial charge in [0.05, 0.1) is 21.3 Å². The third-order valence-corrected chi connectivity index (χ3v) is 2.09. The van der Waals surface area contributed by atoms with Crippen molar-refractivity contribution in [2.45, 2.75) is 0 Å². The van der Waals surface area contributed by atoms with Gasteiger partial charge in [-0.1, -0.05) is 0 Å². The Morgan fingerprint density at radius 3 is 2.31 bits per heavy atom. The third-order valence-electron chi connectivity index (χ3n) is 2.09. The number of ether oxygens (including phenoxy) is 3. The van der Waals surface area contributed by atoms with Crippen molar-refractivity contribution in [1.82, 2.24) is 0 Å². The van der Waals surface area contributed by atoms with Gasteiger partial charge in [-0.2, -0.15) is 0 Å². The van der Waals surface area contributed by atoms with Gasteiger partial charge in [-0.25, -0.2) is 4.79 Å². The van der Waals surface area contributed by atoms with Crippen LogP contribution in [0.4, 0.5) is 0 Å². The predicted octanol–water partition coefficient (Wildman–Crippen LogP) is 1.30. The molecule has 0 aliphatic rings. The molecule has 0 aromatic heterocycles. The summed E-state index contributed by atoms with van der Waals surface area (Å²) in [6, 6.07) is 3.02. The summed E-state index contributed by atoms with van der Waals surface area (Å²) in [5.74, 6) is -0.0784. The minimum atomic E-state index is -0.641. The maximum absolute atomic E-state index is 11.5. The largest absolute Gasteiger partial charge is 0.493 e. The Balaban J connectivity index is 3.48. The normalized spacial score (nSPS) is 9.44. The molecule has 5 heteroatoms. The van der Waals surface area contributed by atoms with E-state index < -0.39 is 5.97 Å². The number of carbonyl (C=O) groups excluding carboxylic acids is 2. The Bertz CT molecular complexity index is 411. The molecule has 16 heavy (non-hydrogen) atoms. The molecule has 0 fully saturated rings. The number of aldehydes is 1. The summed E-state index contributed by atoms with van der Waals surface area (Å²) in [6.45, 7) is 0. The monoisotopic (exact) mass is 224 g/mol. The highest BCUT2D eigenvalue weighted by atomic mass is 16.5. The fourth-order valence-electron chi connectivity index (χ4n) is 1.35. The standard InChI is InChI=1S/C11H12O5/c1-14-8-5-4-7(6-12)9(10(8)15-2)11(13)16-3/h4-6H,1-3H3. The van der Waals surface area contributed by atoms with Crippen LogP contribution in [-0.4, -0.2) is 33.6 Å². The minimum Gasteiger partial charge on any atom is -0.493 e. The molecule has 0 saturated carbocycles. The van der Waals surface area contributed by atoms with Gasteiger partial charge in [0.2, 0.25) is 0 Å². The summed E-state index contributed by atoms with van der Waals surface area (Å²) in [5, 5.41) is 0. The van der Waals surface area contributed by atoms with Crippen LogP contribution in [0.1, 0.15) is 20.7 Å². The number of rotatable bonds is 4. The van der Waals surface area contributed by atoms with Crippen LogP contribution < -0.4 is 9.47 Å². The van der Waals surface area contributed by atoms with Crippen LogP contribution in [0.25, 0.3) is 0 Å². The summed E-state index contributed by atoms with van der Waals surface area (Å²) < 4.78 is 14.7. The second-order valence-corrected chi connectivity index (χ2v) is 2.87. The molecule has 0 N–H and O–H groups in total. The number of methoxy groups -OCH3 is 3. The van der Waals surface area contributed by atoms with Gasteiger partial charge >= 0.3 is 5.97 Å². The number of hydrogen-bond donors (Lipinski definition) is 0. The molecular formula is C11H12O5. The lowest BCUT2D eigenvalue weighted by Gasteiger charge is -2.12. The lowest BCUT2D eigenvalue weighted by atomic mass is 10.1. The highest BCUT2D eigenvalue weighted by molar-refractivity contribution is 6.01. The average molecular weight is 224 g/mol. The molecular weight excluding hydrogens is 212 g/mol. The minimum absolute atomic E-state index is 0.0688. The van der Waals surface area contributed by atoms with E-state index in [1.165, 1.54) is 27.4 Å². The molecule has 0 aliphatic heterocycles. The van der Waals surface area contributed by atoms with E-state index in [2.05, 4.69) is 4.74 Å². The highest BCUT2D eigenvalue weighted by Gasteiger charge is 2.21. The fourth-order valence-corrected chi connectivity index (χ4v) is 1.35. The molecule has 1 aromatic rings. The van der Waals surface area contributed by atoms with Crippen molar-refractivity contribution >= 4 is 12.3 Å². The quantitative estimate of drug-likeness (QED) is 0.570. The molecule has 0 spiro atoms. The first kappa shape index (κ1) is 12.0. The molecule has 86 valence electrons. The van der Waals surface area contributed by atoms with Gasteiger partial charge in [0.1, 0.15) is 5.56 Å². The predicted molar refractivity (Wildman–Crippen MR) is 56.3 cm³/mol. The third kappa shape index (κ3) is 1.98. The average Bonchev–Trinajstić information content (AvgIpc) is 2.35. The maximum Gasteiger partial charge on any atom is 0.342 e. The Morgan fingerprint density at radius 1 is 1.19 bits per heavy atom. The molecule has 0 bridgehead atoms. The molecule has 0 amide bonds. The van der Waals surface area contributed by atoms with E-state index in [1.807, 2.05) is 0 Å². The number of esters is 1. The Hall–Kier alpha value is -2.04. The van der Waals surface area contributed by atoms with Crippen molar-refractivity contribution in [1.29, 1.82) is 0 Å². The topological polar surface area (TPSA) is 61.8 Å². The van der Waals surface area contributed by atoms with E-state index in [0.717, 1.165) is 0 Å². The van der Waals surface area contributed by atoms with Crippen molar-refractivity contribution in [3.63, 3.8) is 0 Å². The van der Waals surface area contributed by atoms with E-state index in [4.69, 9.17) is 9.47 Å². The van der Waals surface area contributed by atoms with Crippen molar-refractivity contribution in [2.24, 2.45) is 0 Å². The van der Waals surface area contributed by atoms with Gasteiger partial charge in [0, 0.05) is 5.56 Å². The first-order valence-electron chi connectivity index (χ1n) is 4.48. The van der Waals surface area contributed by atoms with E-state index in [1.54, 1.807) is 6.07 Å². The molecule has 0 unspecified atom stereocenters.